The minimum atomic E-state index is -1.68. The highest BCUT2D eigenvalue weighted by atomic mass is 31.2. The monoisotopic (exact) mass is 798 g/mol. The fourth-order valence-electron chi connectivity index (χ4n) is 8.69. The number of nitrogens with zero attached hydrogens (tertiary/aromatic N) is 1. The third-order valence-corrected chi connectivity index (χ3v) is 16.6. The van der Waals surface area contributed by atoms with Crippen LogP contribution in [-0.2, 0) is 24.3 Å². The van der Waals surface area contributed by atoms with Crippen LogP contribution in [0.25, 0.3) is 0 Å². The number of hydrogen-bond acceptors (Lipinski definition) is 1. The van der Waals surface area contributed by atoms with Crippen LogP contribution < -0.4 is 20.5 Å². The van der Waals surface area contributed by atoms with Crippen molar-refractivity contribution in [1.29, 1.82) is 0 Å². The first-order valence-corrected chi connectivity index (χ1v) is 25.5. The molecule has 0 unspecified atom stereocenters. The summed E-state index contributed by atoms with van der Waals surface area (Å²) in [7, 11) is -1.68. The number of pyridine rings is 1. The first-order valence-electron chi connectivity index (χ1n) is 23.5. The Morgan fingerprint density at radius 2 is 0.759 bits per heavy atom. The number of hydrogen-bond donors (Lipinski definition) is 0. The molecule has 0 saturated heterocycles. The Balaban J connectivity index is 0.832. The third kappa shape index (κ3) is 17.0. The van der Waals surface area contributed by atoms with E-state index < -0.39 is 7.26 Å². The molecule has 58 heavy (non-hydrogen) atoms. The van der Waals surface area contributed by atoms with Crippen LogP contribution in [0.15, 0.2) is 146 Å². The molecule has 0 aliphatic heterocycles. The standard InChI is InChI=1S/C55H76NOP/c1(4-8-12-16-32-47-57-50-52-36-23-18-24-37-52)2-6-10-14-22-35-51-38-34-46-56(49-51)45-31-15-11-7-3-5-9-13-17-33-48-58(53-39-25-19-26-40-53,54-41-27-20-28-42-54)55-43-29-21-30-44-55/h18-21,23-30,34,36-44,46,49H,1-17,22,31-33,35,45,47-48,50H2/q+2. The lowest BCUT2D eigenvalue weighted by Crippen LogP contribution is -2.33. The molecule has 0 fully saturated rings. The lowest BCUT2D eigenvalue weighted by Gasteiger charge is -2.27. The molecule has 310 valence electrons. The maximum absolute atomic E-state index is 5.82. The SMILES string of the molecule is c1ccc(COCCCCCCCCCCCCCc2ccc[n+](CCCCCCCCCCCC[P+](c3ccccc3)(c3ccccc3)c3ccccc3)c2)cc1. The summed E-state index contributed by atoms with van der Waals surface area (Å²) in [6.45, 7) is 2.80. The maximum atomic E-state index is 5.82. The van der Waals surface area contributed by atoms with E-state index in [0.717, 1.165) is 19.8 Å². The van der Waals surface area contributed by atoms with Gasteiger partial charge < -0.3 is 4.74 Å². The van der Waals surface area contributed by atoms with Gasteiger partial charge in [0.2, 0.25) is 0 Å². The molecule has 2 nitrogen and oxygen atoms in total. The molecule has 0 atom stereocenters. The second-order valence-electron chi connectivity index (χ2n) is 16.7. The van der Waals surface area contributed by atoms with E-state index in [4.69, 9.17) is 4.74 Å². The zero-order valence-electron chi connectivity index (χ0n) is 36.0. The smallest absolute Gasteiger partial charge is 0.171 e. The molecule has 0 radical (unpaired) electrons. The first kappa shape index (κ1) is 45.5. The van der Waals surface area contributed by atoms with Crippen molar-refractivity contribution in [3.05, 3.63) is 157 Å². The summed E-state index contributed by atoms with van der Waals surface area (Å²) in [6, 6.07) is 49.2. The van der Waals surface area contributed by atoms with Crippen LogP contribution in [0.2, 0.25) is 0 Å². The Labute approximate surface area is 355 Å². The van der Waals surface area contributed by atoms with E-state index in [1.807, 2.05) is 0 Å². The molecule has 1 heterocycles. The summed E-state index contributed by atoms with van der Waals surface area (Å²) in [5, 5.41) is 4.54. The molecule has 1 aromatic heterocycles. The van der Waals surface area contributed by atoms with Crippen molar-refractivity contribution in [3.63, 3.8) is 0 Å². The van der Waals surface area contributed by atoms with Gasteiger partial charge in [-0.3, -0.25) is 0 Å². The van der Waals surface area contributed by atoms with Gasteiger partial charge in [0.15, 0.2) is 12.4 Å². The van der Waals surface area contributed by atoms with E-state index in [1.165, 1.54) is 174 Å². The van der Waals surface area contributed by atoms with E-state index in [2.05, 4.69) is 150 Å². The highest BCUT2D eigenvalue weighted by Crippen LogP contribution is 2.56. The lowest BCUT2D eigenvalue weighted by molar-refractivity contribution is -0.697. The molecule has 0 aliphatic carbocycles. The van der Waals surface area contributed by atoms with Crippen molar-refractivity contribution in [2.75, 3.05) is 12.8 Å². The first-order chi connectivity index (χ1) is 28.8. The van der Waals surface area contributed by atoms with Crippen LogP contribution in [0.1, 0.15) is 146 Å². The summed E-state index contributed by atoms with van der Waals surface area (Å²) >= 11 is 0. The number of ether oxygens (including phenoxy) is 1. The van der Waals surface area contributed by atoms with Gasteiger partial charge in [0.25, 0.3) is 0 Å². The summed E-state index contributed by atoms with van der Waals surface area (Å²) in [5.74, 6) is 0. The predicted octanol–water partition coefficient (Wildman–Crippen LogP) is 13.9. The molecule has 0 N–H and O–H groups in total. The topological polar surface area (TPSA) is 13.1 Å². The van der Waals surface area contributed by atoms with E-state index in [9.17, 15) is 0 Å². The van der Waals surface area contributed by atoms with E-state index in [1.54, 1.807) is 0 Å². The van der Waals surface area contributed by atoms with Gasteiger partial charge in [-0.25, -0.2) is 4.57 Å². The minimum Gasteiger partial charge on any atom is -0.377 e. The van der Waals surface area contributed by atoms with Crippen molar-refractivity contribution in [2.45, 2.75) is 154 Å². The number of unbranched alkanes of at least 4 members (excludes halogenated alkanes) is 19. The van der Waals surface area contributed by atoms with Gasteiger partial charge in [0.1, 0.15) is 29.7 Å². The third-order valence-electron chi connectivity index (χ3n) is 12.0. The van der Waals surface area contributed by atoms with E-state index in [-0.39, 0.29) is 0 Å². The van der Waals surface area contributed by atoms with E-state index in [0.29, 0.717) is 0 Å². The average molecular weight is 798 g/mol. The Kier molecular flexibility index (Phi) is 22.6. The zero-order valence-corrected chi connectivity index (χ0v) is 36.9. The Morgan fingerprint density at radius 1 is 0.362 bits per heavy atom. The quantitative estimate of drug-likeness (QED) is 0.0240. The normalized spacial score (nSPS) is 11.6. The Morgan fingerprint density at radius 3 is 1.26 bits per heavy atom. The van der Waals surface area contributed by atoms with Crippen LogP contribution in [0.3, 0.4) is 0 Å². The molecule has 5 aromatic rings. The fraction of sp³-hybridized carbons (Fsp3) is 0.473. The average Bonchev–Trinajstić information content (AvgIpc) is 3.28. The molecule has 0 aliphatic rings. The van der Waals surface area contributed by atoms with Crippen LogP contribution >= 0.6 is 7.26 Å². The molecular weight excluding hydrogens is 722 g/mol. The van der Waals surface area contributed by atoms with Crippen LogP contribution in [-0.4, -0.2) is 12.8 Å². The summed E-state index contributed by atoms with van der Waals surface area (Å²) in [5.41, 5.74) is 2.79. The maximum Gasteiger partial charge on any atom is 0.171 e. The number of benzene rings is 4. The fourth-order valence-corrected chi connectivity index (χ4v) is 13.1. The van der Waals surface area contributed by atoms with Crippen LogP contribution in [0.4, 0.5) is 0 Å². The van der Waals surface area contributed by atoms with Gasteiger partial charge >= 0.3 is 0 Å². The molecular formula is C55H76NOP+2. The highest BCUT2D eigenvalue weighted by Gasteiger charge is 2.44. The van der Waals surface area contributed by atoms with Crippen LogP contribution in [0.5, 0.6) is 0 Å². The van der Waals surface area contributed by atoms with Crippen molar-refractivity contribution < 1.29 is 9.30 Å². The lowest BCUT2D eigenvalue weighted by atomic mass is 10.0. The zero-order chi connectivity index (χ0) is 40.0. The van der Waals surface area contributed by atoms with Gasteiger partial charge in [-0.15, -0.1) is 0 Å². The Bertz CT molecular complexity index is 1610. The highest BCUT2D eigenvalue weighted by molar-refractivity contribution is 7.95. The van der Waals surface area contributed by atoms with Crippen LogP contribution in [0, 0.1) is 0 Å². The van der Waals surface area contributed by atoms with Crippen molar-refractivity contribution in [3.8, 4) is 0 Å². The second-order valence-corrected chi connectivity index (χ2v) is 20.3. The molecule has 0 amide bonds. The predicted molar refractivity (Wildman–Crippen MR) is 253 cm³/mol. The van der Waals surface area contributed by atoms with Gasteiger partial charge in [-0.05, 0) is 86.6 Å². The van der Waals surface area contributed by atoms with Gasteiger partial charge in [0, 0.05) is 24.7 Å². The molecule has 0 spiro atoms. The van der Waals surface area contributed by atoms with Crippen molar-refractivity contribution in [1.82, 2.24) is 0 Å². The molecule has 0 bridgehead atoms. The van der Waals surface area contributed by atoms with Crippen molar-refractivity contribution >= 4 is 23.2 Å². The molecule has 4 aromatic carbocycles. The Hall–Kier alpha value is -3.58. The van der Waals surface area contributed by atoms with Gasteiger partial charge in [-0.2, -0.15) is 0 Å². The number of rotatable bonds is 32. The van der Waals surface area contributed by atoms with Gasteiger partial charge in [0.05, 0.1) is 12.8 Å². The second kappa shape index (κ2) is 28.8. The summed E-state index contributed by atoms with van der Waals surface area (Å²) in [4.78, 5) is 0. The molecule has 5 rings (SSSR count). The number of aromatic nitrogens is 1. The number of aryl methyl sites for hydroxylation is 2. The van der Waals surface area contributed by atoms with Crippen molar-refractivity contribution in [2.24, 2.45) is 0 Å². The summed E-state index contributed by atoms with van der Waals surface area (Å²) in [6.07, 6.45) is 35.7. The van der Waals surface area contributed by atoms with Gasteiger partial charge in [-0.1, -0.05) is 181 Å². The van der Waals surface area contributed by atoms with E-state index >= 15 is 0 Å². The largest absolute Gasteiger partial charge is 0.377 e. The minimum absolute atomic E-state index is 0.750. The molecule has 3 heteroatoms. The summed E-state index contributed by atoms with van der Waals surface area (Å²) < 4.78 is 8.26. The molecule has 0 saturated carbocycles.